The maximum absolute atomic E-state index is 13.0. The Morgan fingerprint density at radius 1 is 1.00 bits per heavy atom. The van der Waals surface area contributed by atoms with Crippen LogP contribution in [0.5, 0.6) is 0 Å². The number of nitrogens with one attached hydrogen (secondary N) is 3. The molecule has 1 aliphatic rings. The van der Waals surface area contributed by atoms with E-state index in [2.05, 4.69) is 44.4 Å². The van der Waals surface area contributed by atoms with Gasteiger partial charge in [0.2, 0.25) is 15.9 Å². The number of carbonyl (C=O) groups excluding carboxylic acids is 1. The Hall–Kier alpha value is -4.38. The van der Waals surface area contributed by atoms with Gasteiger partial charge in [-0.3, -0.25) is 4.72 Å². The third kappa shape index (κ3) is 9.34. The van der Waals surface area contributed by atoms with Gasteiger partial charge in [0.1, 0.15) is 11.6 Å². The van der Waals surface area contributed by atoms with Gasteiger partial charge in [0, 0.05) is 23.6 Å². The molecule has 1 fully saturated rings. The van der Waals surface area contributed by atoms with E-state index in [9.17, 15) is 13.2 Å². The van der Waals surface area contributed by atoms with Crippen LogP contribution in [0.25, 0.3) is 11.5 Å². The highest BCUT2D eigenvalue weighted by Gasteiger charge is 2.40. The Morgan fingerprint density at radius 3 is 2.21 bits per heavy atom. The number of alkyl carbamates (subject to hydrolysis) is 1. The minimum Gasteiger partial charge on any atom is -0.437 e. The zero-order valence-electron chi connectivity index (χ0n) is 27.9. The van der Waals surface area contributed by atoms with Crippen molar-refractivity contribution >= 4 is 27.8 Å². The Morgan fingerprint density at radius 2 is 1.62 bits per heavy atom. The summed E-state index contributed by atoms with van der Waals surface area (Å²) >= 11 is 0. The van der Waals surface area contributed by atoms with Gasteiger partial charge < -0.3 is 19.8 Å². The van der Waals surface area contributed by atoms with Gasteiger partial charge in [0.05, 0.1) is 11.9 Å². The van der Waals surface area contributed by atoms with Crippen molar-refractivity contribution in [3.63, 3.8) is 0 Å². The summed E-state index contributed by atoms with van der Waals surface area (Å²) in [7, 11) is -3.61. The van der Waals surface area contributed by atoms with Crippen molar-refractivity contribution in [1.82, 2.24) is 15.3 Å². The molecule has 11 heteroatoms. The van der Waals surface area contributed by atoms with Gasteiger partial charge in [-0.25, -0.2) is 23.2 Å². The van der Waals surface area contributed by atoms with Crippen molar-refractivity contribution in [2.45, 2.75) is 78.0 Å². The summed E-state index contributed by atoms with van der Waals surface area (Å²) in [4.78, 5) is 22.2. The molecule has 10 nitrogen and oxygen atoms in total. The molecule has 1 aliphatic carbocycles. The van der Waals surface area contributed by atoms with E-state index in [4.69, 9.17) is 9.15 Å². The van der Waals surface area contributed by atoms with Crippen LogP contribution < -0.4 is 15.4 Å². The largest absolute Gasteiger partial charge is 0.437 e. The maximum Gasteiger partial charge on any atom is 0.408 e. The molecule has 0 radical (unpaired) electrons. The standard InChI is InChI=1S/C36H45N5O5S/c1-7-47(43,44)41-32-21-27(20-31(39-32)38-29(28-18-24(28)2)19-25-14-10-8-11-15-25)33-37-23-30(45-33)36(6,22-26-16-12-9-13-17-26)46-34(42)40-35(3,4)5/h8-17,20-21,23-24,28-29H,7,18-19,22H2,1-6H3,(H,40,42)(H2,38,39,41)/t24-,28-,29+,36+/m0/s1. The molecular formula is C36H45N5O5S. The van der Waals surface area contributed by atoms with Crippen LogP contribution in [0, 0.1) is 11.8 Å². The Bertz CT molecular complexity index is 1770. The second-order valence-corrected chi connectivity index (χ2v) is 15.6. The fourth-order valence-electron chi connectivity index (χ4n) is 5.64. The molecule has 4 aromatic rings. The number of ether oxygens (including phenoxy) is 1. The first-order valence-corrected chi connectivity index (χ1v) is 17.7. The van der Waals surface area contributed by atoms with Gasteiger partial charge in [-0.1, -0.05) is 67.6 Å². The van der Waals surface area contributed by atoms with Gasteiger partial charge in [0.15, 0.2) is 11.4 Å². The predicted molar refractivity (Wildman–Crippen MR) is 185 cm³/mol. The van der Waals surface area contributed by atoms with E-state index < -0.39 is 27.3 Å². The Labute approximate surface area is 277 Å². The van der Waals surface area contributed by atoms with Crippen LogP contribution in [0.1, 0.15) is 64.9 Å². The number of pyridine rings is 1. The first-order chi connectivity index (χ1) is 22.2. The number of oxazole rings is 1. The zero-order chi connectivity index (χ0) is 33.8. The average Bonchev–Trinajstić information content (AvgIpc) is 3.50. The van der Waals surface area contributed by atoms with E-state index in [1.807, 2.05) is 75.4 Å². The van der Waals surface area contributed by atoms with E-state index in [1.165, 1.54) is 5.56 Å². The number of hydrogen-bond acceptors (Lipinski definition) is 8. The number of aromatic nitrogens is 2. The summed E-state index contributed by atoms with van der Waals surface area (Å²) in [6, 6.07) is 23.5. The van der Waals surface area contributed by atoms with Crippen molar-refractivity contribution in [3.8, 4) is 11.5 Å². The smallest absolute Gasteiger partial charge is 0.408 e. The summed E-state index contributed by atoms with van der Waals surface area (Å²) < 4.78 is 40.1. The number of rotatable bonds is 13. The van der Waals surface area contributed by atoms with Gasteiger partial charge in [-0.2, -0.15) is 0 Å². The van der Waals surface area contributed by atoms with Gasteiger partial charge in [0.25, 0.3) is 0 Å². The average molecular weight is 660 g/mol. The molecule has 47 heavy (non-hydrogen) atoms. The van der Waals surface area contributed by atoms with E-state index in [0.717, 1.165) is 18.4 Å². The van der Waals surface area contributed by atoms with Crippen molar-refractivity contribution in [2.24, 2.45) is 11.8 Å². The second kappa shape index (κ2) is 13.8. The van der Waals surface area contributed by atoms with E-state index in [1.54, 1.807) is 26.1 Å². The minimum absolute atomic E-state index is 0.0924. The maximum atomic E-state index is 13.0. The van der Waals surface area contributed by atoms with Crippen LogP contribution in [-0.4, -0.2) is 41.8 Å². The third-order valence-corrected chi connectivity index (χ3v) is 9.52. The number of amides is 1. The molecule has 0 unspecified atom stereocenters. The lowest BCUT2D eigenvalue weighted by Gasteiger charge is -2.30. The highest BCUT2D eigenvalue weighted by molar-refractivity contribution is 7.92. The number of hydrogen-bond donors (Lipinski definition) is 3. The van der Waals surface area contributed by atoms with Gasteiger partial charge in [-0.05, 0) is 82.6 Å². The molecule has 1 amide bonds. The zero-order valence-corrected chi connectivity index (χ0v) is 28.7. The molecule has 2 aromatic heterocycles. The molecular weight excluding hydrogens is 614 g/mol. The SMILES string of the molecule is CCS(=O)(=O)Nc1cc(-c2ncc([C@@](C)(Cc3ccccc3)OC(=O)NC(C)(C)C)o2)cc(N[C@H](Cc2ccccc2)[C@H]2C[C@@H]2C)n1. The number of nitrogens with zero attached hydrogens (tertiary/aromatic N) is 2. The molecule has 0 aliphatic heterocycles. The van der Waals surface area contributed by atoms with Crippen LogP contribution >= 0.6 is 0 Å². The fourth-order valence-corrected chi connectivity index (χ4v) is 6.21. The van der Waals surface area contributed by atoms with Crippen LogP contribution in [0.3, 0.4) is 0 Å². The molecule has 5 rings (SSSR count). The molecule has 0 saturated heterocycles. The molecule has 0 bridgehead atoms. The van der Waals surface area contributed by atoms with Crippen LogP contribution in [0.2, 0.25) is 0 Å². The van der Waals surface area contributed by atoms with Crippen molar-refractivity contribution in [3.05, 3.63) is 95.9 Å². The highest BCUT2D eigenvalue weighted by atomic mass is 32.2. The van der Waals surface area contributed by atoms with Crippen LogP contribution in [-0.2, 0) is 33.2 Å². The summed E-state index contributed by atoms with van der Waals surface area (Å²) in [5.41, 5.74) is 0.966. The second-order valence-electron chi connectivity index (χ2n) is 13.6. The molecule has 1 saturated carbocycles. The lowest BCUT2D eigenvalue weighted by molar-refractivity contribution is 0.00297. The molecule has 0 spiro atoms. The summed E-state index contributed by atoms with van der Waals surface area (Å²) in [6.07, 6.45) is 3.21. The third-order valence-electron chi connectivity index (χ3n) is 8.24. The number of sulfonamides is 1. The van der Waals surface area contributed by atoms with Crippen LogP contribution in [0.15, 0.2) is 83.4 Å². The fraction of sp³-hybridized carbons (Fsp3) is 0.417. The molecule has 2 aromatic carbocycles. The van der Waals surface area contributed by atoms with Crippen molar-refractivity contribution in [1.29, 1.82) is 0 Å². The first-order valence-electron chi connectivity index (χ1n) is 16.1. The van der Waals surface area contributed by atoms with Crippen LogP contribution in [0.4, 0.5) is 16.4 Å². The van der Waals surface area contributed by atoms with E-state index in [-0.39, 0.29) is 23.5 Å². The molecule has 250 valence electrons. The lowest BCUT2D eigenvalue weighted by Crippen LogP contribution is -2.44. The Kier molecular flexibility index (Phi) is 9.95. The van der Waals surface area contributed by atoms with E-state index >= 15 is 0 Å². The normalized spacial score (nSPS) is 18.1. The monoisotopic (exact) mass is 659 g/mol. The minimum atomic E-state index is -3.61. The summed E-state index contributed by atoms with van der Waals surface area (Å²) in [5, 5.41) is 6.46. The van der Waals surface area contributed by atoms with Gasteiger partial charge in [-0.15, -0.1) is 0 Å². The quantitative estimate of drug-likeness (QED) is 0.138. The lowest BCUT2D eigenvalue weighted by atomic mass is 9.94. The first kappa shape index (κ1) is 34.0. The predicted octanol–water partition coefficient (Wildman–Crippen LogP) is 7.16. The Balaban J connectivity index is 1.50. The molecule has 4 atom stereocenters. The topological polar surface area (TPSA) is 135 Å². The number of benzene rings is 2. The summed E-state index contributed by atoms with van der Waals surface area (Å²) in [6.45, 7) is 11.2. The van der Waals surface area contributed by atoms with Crippen molar-refractivity contribution < 1.29 is 22.4 Å². The van der Waals surface area contributed by atoms with Crippen molar-refractivity contribution in [2.75, 3.05) is 15.8 Å². The summed E-state index contributed by atoms with van der Waals surface area (Å²) in [5.74, 6) is 2.17. The molecule has 3 N–H and O–H groups in total. The molecule has 2 heterocycles. The number of carbonyl (C=O) groups is 1. The highest BCUT2D eigenvalue weighted by Crippen LogP contribution is 2.43. The van der Waals surface area contributed by atoms with Gasteiger partial charge >= 0.3 is 6.09 Å². The van der Waals surface area contributed by atoms with E-state index in [0.29, 0.717) is 35.4 Å². The number of anilines is 2.